The minimum absolute atomic E-state index is 0. The summed E-state index contributed by atoms with van der Waals surface area (Å²) >= 11 is 0. The van der Waals surface area contributed by atoms with Crippen LogP contribution in [-0.2, 0) is 10.5 Å². The third-order valence-electron chi connectivity index (χ3n) is 0. The predicted molar refractivity (Wildman–Crippen MR) is 17.7 cm³/mol. The predicted octanol–water partition coefficient (Wildman–Crippen LogP) is 0.0637. The van der Waals surface area contributed by atoms with E-state index in [9.17, 15) is 3.89 Å². The van der Waals surface area contributed by atoms with E-state index >= 15 is 0 Å². The van der Waals surface area contributed by atoms with E-state index in [2.05, 4.69) is 0 Å². The molecule has 0 saturated carbocycles. The van der Waals surface area contributed by atoms with Gasteiger partial charge in [0.15, 0.2) is 0 Å². The maximum Gasteiger partial charge on any atom is 0.435 e. The molecule has 7 heteroatoms. The van der Waals surface area contributed by atoms with Crippen LogP contribution in [0.2, 0.25) is 0 Å². The van der Waals surface area contributed by atoms with Crippen molar-refractivity contribution in [1.29, 1.82) is 0 Å². The lowest BCUT2D eigenvalue weighted by molar-refractivity contribution is 0.435. The van der Waals surface area contributed by atoms with E-state index < -0.39 is 10.5 Å². The number of halogens is 3. The molecule has 0 heterocycles. The number of rotatable bonds is 0. The first-order valence-electron chi connectivity index (χ1n) is 0.670. The average molecular weight is 140 g/mol. The molecule has 0 fully saturated rings. The second-order valence-corrected chi connectivity index (χ2v) is 1.24. The Balaban J connectivity index is -0.0000000800. The Labute approximate surface area is 37.9 Å². The van der Waals surface area contributed by atoms with Gasteiger partial charge in [0, 0.05) is 0 Å². The zero-order valence-electron chi connectivity index (χ0n) is 2.87. The van der Waals surface area contributed by atoms with E-state index in [1.165, 1.54) is 0 Å². The zero-order valence-corrected chi connectivity index (χ0v) is 3.68. The van der Waals surface area contributed by atoms with E-state index in [0.29, 0.717) is 0 Å². The van der Waals surface area contributed by atoms with E-state index in [4.69, 9.17) is 13.0 Å². The topological polar surface area (TPSA) is 54.4 Å². The molecule has 0 radical (unpaired) electrons. The smallest absolute Gasteiger partial charge is 0.269 e. The molecule has 1 N–H and O–H groups in total. The minimum atomic E-state index is -5.17. The molecule has 0 aromatic rings. The molecule has 0 spiro atoms. The molecule has 7 heavy (non-hydrogen) atoms. The molecule has 0 aromatic heterocycles. The van der Waals surface area contributed by atoms with Crippen molar-refractivity contribution < 1.29 is 26.3 Å². The lowest BCUT2D eigenvalue weighted by Gasteiger charge is -1.63. The number of hydrogen-bond donors (Lipinski definition) is 1. The maximum atomic E-state index is 10.2. The van der Waals surface area contributed by atoms with Crippen molar-refractivity contribution >= 4 is 10.5 Å². The van der Waals surface area contributed by atoms with Gasteiger partial charge in [0.05, 0.1) is 0 Å². The van der Waals surface area contributed by atoms with E-state index in [-0.39, 0.29) is 9.41 Å². The van der Waals surface area contributed by atoms with Crippen LogP contribution in [0.4, 0.5) is 13.3 Å². The van der Waals surface area contributed by atoms with Crippen LogP contribution >= 0.6 is 0 Å². The van der Waals surface area contributed by atoms with Gasteiger partial charge in [-0.1, -0.05) is 3.89 Å². The molecule has 0 bridgehead atoms. The van der Waals surface area contributed by atoms with Crippen LogP contribution in [0.3, 0.4) is 0 Å². The fraction of sp³-hybridized carbons (Fsp3) is 0. The SMILES string of the molecule is F.F.O=S(=O)(O)F. The van der Waals surface area contributed by atoms with E-state index in [1.54, 1.807) is 0 Å². The normalized spacial score (nSPS) is 8.29. The molecule has 0 unspecified atom stereocenters. The van der Waals surface area contributed by atoms with Crippen molar-refractivity contribution in [1.82, 2.24) is 0 Å². The molecule has 0 aliphatic rings. The quantitative estimate of drug-likeness (QED) is 0.382. The molecule has 48 valence electrons. The van der Waals surface area contributed by atoms with Gasteiger partial charge in [-0.2, -0.15) is 8.42 Å². The molecule has 0 amide bonds. The van der Waals surface area contributed by atoms with Crippen molar-refractivity contribution in [3.63, 3.8) is 0 Å². The number of hydrogen-bond acceptors (Lipinski definition) is 2. The van der Waals surface area contributed by atoms with Crippen LogP contribution in [0.1, 0.15) is 0 Å². The molecule has 0 atom stereocenters. The Kier molecular flexibility index (Phi) is 8.80. The molecule has 0 aromatic carbocycles. The Morgan fingerprint density at radius 2 is 1.29 bits per heavy atom. The highest BCUT2D eigenvalue weighted by Crippen LogP contribution is 1.74. The van der Waals surface area contributed by atoms with E-state index in [1.807, 2.05) is 0 Å². The maximum absolute atomic E-state index is 10.2. The summed E-state index contributed by atoms with van der Waals surface area (Å²) in [7, 11) is -5.17. The fourth-order valence-electron chi connectivity index (χ4n) is 0. The highest BCUT2D eigenvalue weighted by Gasteiger charge is 1.89. The molecule has 0 saturated heterocycles. The highest BCUT2D eigenvalue weighted by atomic mass is 32.3. The van der Waals surface area contributed by atoms with Gasteiger partial charge >= 0.3 is 10.5 Å². The molecular formula is H3F3O3S. The van der Waals surface area contributed by atoms with Crippen LogP contribution in [0, 0.1) is 0 Å². The molecular weight excluding hydrogens is 137 g/mol. The van der Waals surface area contributed by atoms with Gasteiger partial charge < -0.3 is 0 Å². The fourth-order valence-corrected chi connectivity index (χ4v) is 0. The Morgan fingerprint density at radius 1 is 1.29 bits per heavy atom. The first kappa shape index (κ1) is 15.9. The van der Waals surface area contributed by atoms with Gasteiger partial charge in [-0.3, -0.25) is 14.0 Å². The third kappa shape index (κ3) is 867. The standard InChI is InChI=1S/FHO3S.2FH/c1-5(2,3)4;;/h(H,2,3,4);2*1H. The molecule has 0 aliphatic carbocycles. The van der Waals surface area contributed by atoms with Crippen LogP contribution in [0.15, 0.2) is 0 Å². The molecule has 0 rings (SSSR count). The largest absolute Gasteiger partial charge is 0.435 e. The van der Waals surface area contributed by atoms with Gasteiger partial charge in [0.1, 0.15) is 0 Å². The van der Waals surface area contributed by atoms with Crippen molar-refractivity contribution in [3.05, 3.63) is 0 Å². The lowest BCUT2D eigenvalue weighted by atomic mass is 15.9. The average Bonchev–Trinajstić information content (AvgIpc) is 0.722. The van der Waals surface area contributed by atoms with Crippen molar-refractivity contribution in [2.24, 2.45) is 0 Å². The van der Waals surface area contributed by atoms with Crippen molar-refractivity contribution in [2.75, 3.05) is 0 Å². The third-order valence-corrected chi connectivity index (χ3v) is 0. The Bertz CT molecular complexity index is 93.3. The molecule has 0 aliphatic heterocycles. The summed E-state index contributed by atoms with van der Waals surface area (Å²) in [4.78, 5) is 0. The van der Waals surface area contributed by atoms with Gasteiger partial charge in [0.2, 0.25) is 0 Å². The summed E-state index contributed by atoms with van der Waals surface area (Å²) in [6.07, 6.45) is 0. The first-order chi connectivity index (χ1) is 2.00. The summed E-state index contributed by atoms with van der Waals surface area (Å²) in [6.45, 7) is 0. The van der Waals surface area contributed by atoms with Crippen LogP contribution in [0.5, 0.6) is 0 Å². The Hall–Kier alpha value is -0.300. The Morgan fingerprint density at radius 3 is 1.29 bits per heavy atom. The van der Waals surface area contributed by atoms with Gasteiger partial charge in [-0.25, -0.2) is 0 Å². The van der Waals surface area contributed by atoms with Gasteiger partial charge in [0.25, 0.3) is 0 Å². The second-order valence-electron chi connectivity index (χ2n) is 0.412. The summed E-state index contributed by atoms with van der Waals surface area (Å²) in [6, 6.07) is 0. The first-order valence-corrected chi connectivity index (χ1v) is 2.01. The van der Waals surface area contributed by atoms with Crippen LogP contribution < -0.4 is 0 Å². The van der Waals surface area contributed by atoms with Gasteiger partial charge in [-0.05, 0) is 0 Å². The minimum Gasteiger partial charge on any atom is -0.269 e. The summed E-state index contributed by atoms with van der Waals surface area (Å²) in [5.74, 6) is 0. The molecule has 3 nitrogen and oxygen atoms in total. The van der Waals surface area contributed by atoms with Gasteiger partial charge in [-0.15, -0.1) is 0 Å². The van der Waals surface area contributed by atoms with Crippen LogP contribution in [0.25, 0.3) is 0 Å². The van der Waals surface area contributed by atoms with E-state index in [0.717, 1.165) is 0 Å². The summed E-state index contributed by atoms with van der Waals surface area (Å²) in [5, 5.41) is 0. The summed E-state index contributed by atoms with van der Waals surface area (Å²) < 4.78 is 34.1. The van der Waals surface area contributed by atoms with Crippen LogP contribution in [-0.4, -0.2) is 13.0 Å². The highest BCUT2D eigenvalue weighted by molar-refractivity contribution is 7.80. The van der Waals surface area contributed by atoms with Crippen molar-refractivity contribution in [2.45, 2.75) is 0 Å². The second kappa shape index (κ2) is 3.88. The zero-order chi connectivity index (χ0) is 4.50. The lowest BCUT2D eigenvalue weighted by Crippen LogP contribution is -1.80. The van der Waals surface area contributed by atoms with Crippen molar-refractivity contribution in [3.8, 4) is 0 Å². The monoisotopic (exact) mass is 140 g/mol. The summed E-state index contributed by atoms with van der Waals surface area (Å²) in [5.41, 5.74) is 0.